The second kappa shape index (κ2) is 9.57. The van der Waals surface area contributed by atoms with Crippen LogP contribution in [0, 0.1) is 23.6 Å². The van der Waals surface area contributed by atoms with Crippen LogP contribution >= 0.6 is 11.3 Å². The highest BCUT2D eigenvalue weighted by atomic mass is 32.2. The third-order valence-electron chi connectivity index (χ3n) is 5.08. The predicted octanol–water partition coefficient (Wildman–Crippen LogP) is 5.54. The van der Waals surface area contributed by atoms with Gasteiger partial charge in [-0.2, -0.15) is 0 Å². The lowest BCUT2D eigenvalue weighted by atomic mass is 10.00. The molecule has 0 spiro atoms. The molecule has 33 heavy (non-hydrogen) atoms. The standard InChI is InChI=1S/C26H20FNO3S2/c1-18(29)22(15-20-14-21-4-2-3-5-25(21)28-16-20)17-33(30,31)26-13-12-24(32-26)11-8-19-6-9-23(27)10-7-19/h2-7,9-10,12-14,16,22,29H,1,15,17H2/t22-/m0/s1. The molecule has 2 aromatic heterocycles. The van der Waals surface area contributed by atoms with Crippen LogP contribution in [0.3, 0.4) is 0 Å². The number of aliphatic hydroxyl groups is 1. The first-order valence-electron chi connectivity index (χ1n) is 10.1. The Morgan fingerprint density at radius 1 is 1.09 bits per heavy atom. The Balaban J connectivity index is 1.51. The summed E-state index contributed by atoms with van der Waals surface area (Å²) in [4.78, 5) is 4.99. The molecule has 1 N–H and O–H groups in total. The number of rotatable bonds is 6. The highest BCUT2D eigenvalue weighted by Gasteiger charge is 2.25. The summed E-state index contributed by atoms with van der Waals surface area (Å²) >= 11 is 1.06. The van der Waals surface area contributed by atoms with Gasteiger partial charge in [0.1, 0.15) is 10.0 Å². The van der Waals surface area contributed by atoms with Crippen LogP contribution in [-0.2, 0) is 16.3 Å². The van der Waals surface area contributed by atoms with Crippen LogP contribution < -0.4 is 0 Å². The molecular formula is C26H20FNO3S2. The molecule has 166 valence electrons. The number of halogens is 1. The maximum absolute atomic E-state index is 13.0. The summed E-state index contributed by atoms with van der Waals surface area (Å²) < 4.78 is 39.2. The van der Waals surface area contributed by atoms with Crippen LogP contribution in [0.25, 0.3) is 10.9 Å². The molecule has 0 fully saturated rings. The normalized spacial score (nSPS) is 12.2. The van der Waals surface area contributed by atoms with E-state index in [-0.39, 0.29) is 21.5 Å². The Morgan fingerprint density at radius 2 is 1.85 bits per heavy atom. The van der Waals surface area contributed by atoms with Gasteiger partial charge in [0.15, 0.2) is 9.84 Å². The number of para-hydroxylation sites is 1. The quantitative estimate of drug-likeness (QED) is 0.293. The number of allylic oxidation sites excluding steroid dienone is 1. The molecule has 0 saturated carbocycles. The zero-order valence-corrected chi connectivity index (χ0v) is 19.2. The van der Waals surface area contributed by atoms with Crippen molar-refractivity contribution in [2.24, 2.45) is 5.92 Å². The number of fused-ring (bicyclic) bond motifs is 1. The molecule has 4 nitrogen and oxygen atoms in total. The SMILES string of the molecule is C=C(O)[C@@H](Cc1cnc2ccccc2c1)CS(=O)(=O)c1ccc(C#Cc2ccc(F)cc2)s1. The molecule has 0 aliphatic rings. The van der Waals surface area contributed by atoms with Crippen molar-refractivity contribution in [1.82, 2.24) is 4.98 Å². The highest BCUT2D eigenvalue weighted by molar-refractivity contribution is 7.93. The van der Waals surface area contributed by atoms with Crippen molar-refractivity contribution in [3.63, 3.8) is 0 Å². The lowest BCUT2D eigenvalue weighted by Gasteiger charge is -2.15. The van der Waals surface area contributed by atoms with Gasteiger partial charge in [-0.05, 0) is 60.5 Å². The van der Waals surface area contributed by atoms with Crippen molar-refractivity contribution in [2.75, 3.05) is 5.75 Å². The summed E-state index contributed by atoms with van der Waals surface area (Å²) in [6.07, 6.45) is 1.99. The van der Waals surface area contributed by atoms with Gasteiger partial charge in [-0.3, -0.25) is 4.98 Å². The number of aliphatic hydroxyl groups excluding tert-OH is 1. The first-order valence-corrected chi connectivity index (χ1v) is 12.6. The Labute approximate surface area is 196 Å². The van der Waals surface area contributed by atoms with Gasteiger partial charge in [-0.15, -0.1) is 11.3 Å². The van der Waals surface area contributed by atoms with Gasteiger partial charge < -0.3 is 5.11 Å². The van der Waals surface area contributed by atoms with Gasteiger partial charge in [0, 0.05) is 23.1 Å². The summed E-state index contributed by atoms with van der Waals surface area (Å²) in [5, 5.41) is 11.1. The van der Waals surface area contributed by atoms with Gasteiger partial charge >= 0.3 is 0 Å². The molecule has 4 rings (SSSR count). The van der Waals surface area contributed by atoms with Gasteiger partial charge in [0.2, 0.25) is 0 Å². The Bertz CT molecular complexity index is 1480. The van der Waals surface area contributed by atoms with E-state index in [4.69, 9.17) is 0 Å². The second-order valence-electron chi connectivity index (χ2n) is 7.59. The number of hydrogen-bond acceptors (Lipinski definition) is 5. The number of nitrogens with zero attached hydrogens (tertiary/aromatic N) is 1. The maximum Gasteiger partial charge on any atom is 0.188 e. The molecule has 0 aliphatic carbocycles. The van der Waals surface area contributed by atoms with Gasteiger partial charge in [-0.1, -0.05) is 36.6 Å². The third kappa shape index (κ3) is 5.67. The lowest BCUT2D eigenvalue weighted by Crippen LogP contribution is -2.19. The predicted molar refractivity (Wildman–Crippen MR) is 129 cm³/mol. The van der Waals surface area contributed by atoms with Crippen molar-refractivity contribution in [1.29, 1.82) is 0 Å². The van der Waals surface area contributed by atoms with E-state index in [1.165, 1.54) is 18.2 Å². The van der Waals surface area contributed by atoms with E-state index >= 15 is 0 Å². The number of sulfone groups is 1. The van der Waals surface area contributed by atoms with Crippen LogP contribution in [0.15, 0.2) is 89.5 Å². The second-order valence-corrected chi connectivity index (χ2v) is 10.9. The highest BCUT2D eigenvalue weighted by Crippen LogP contribution is 2.27. The minimum atomic E-state index is -3.67. The van der Waals surface area contributed by atoms with E-state index < -0.39 is 15.8 Å². The topological polar surface area (TPSA) is 67.3 Å². The molecule has 0 aliphatic heterocycles. The molecule has 4 aromatic rings. The average Bonchev–Trinajstić information content (AvgIpc) is 3.28. The van der Waals surface area contributed by atoms with Crippen LogP contribution in [0.5, 0.6) is 0 Å². The molecule has 2 heterocycles. The molecule has 0 unspecified atom stereocenters. The third-order valence-corrected chi connectivity index (χ3v) is 8.48. The first-order chi connectivity index (χ1) is 15.8. The van der Waals surface area contributed by atoms with E-state index in [2.05, 4.69) is 23.4 Å². The zero-order chi connectivity index (χ0) is 23.4. The molecule has 0 saturated heterocycles. The van der Waals surface area contributed by atoms with Crippen LogP contribution in [-0.4, -0.2) is 24.3 Å². The number of aromatic nitrogens is 1. The van der Waals surface area contributed by atoms with E-state index in [0.717, 1.165) is 27.8 Å². The number of benzene rings is 2. The molecule has 0 radical (unpaired) electrons. The van der Waals surface area contributed by atoms with E-state index in [0.29, 0.717) is 16.9 Å². The first kappa shape index (κ1) is 22.7. The van der Waals surface area contributed by atoms with Crippen LogP contribution in [0.2, 0.25) is 0 Å². The van der Waals surface area contributed by atoms with Crippen molar-refractivity contribution in [2.45, 2.75) is 10.6 Å². The van der Waals surface area contributed by atoms with Gasteiger partial charge in [0.25, 0.3) is 0 Å². The molecule has 7 heteroatoms. The lowest BCUT2D eigenvalue weighted by molar-refractivity contribution is 0.342. The fraction of sp³-hybridized carbons (Fsp3) is 0.115. The van der Waals surface area contributed by atoms with Crippen molar-refractivity contribution < 1.29 is 17.9 Å². The largest absolute Gasteiger partial charge is 0.513 e. The monoisotopic (exact) mass is 477 g/mol. The molecular weight excluding hydrogens is 457 g/mol. The fourth-order valence-electron chi connectivity index (χ4n) is 3.35. The van der Waals surface area contributed by atoms with E-state index in [1.54, 1.807) is 24.4 Å². The number of pyridine rings is 1. The molecule has 2 aromatic carbocycles. The molecule has 1 atom stereocenters. The fourth-order valence-corrected chi connectivity index (χ4v) is 6.21. The van der Waals surface area contributed by atoms with Gasteiger partial charge in [-0.25, -0.2) is 12.8 Å². The van der Waals surface area contributed by atoms with E-state index in [9.17, 15) is 17.9 Å². The number of thiophene rings is 1. The van der Waals surface area contributed by atoms with Crippen LogP contribution in [0.1, 0.15) is 16.0 Å². The Morgan fingerprint density at radius 3 is 2.61 bits per heavy atom. The number of hydrogen-bond donors (Lipinski definition) is 1. The molecule has 0 amide bonds. The van der Waals surface area contributed by atoms with Crippen molar-refractivity contribution >= 4 is 32.1 Å². The average molecular weight is 478 g/mol. The van der Waals surface area contributed by atoms with Crippen molar-refractivity contribution in [3.05, 3.63) is 107 Å². The summed E-state index contributed by atoms with van der Waals surface area (Å²) in [5.41, 5.74) is 2.30. The Hall–Kier alpha value is -3.47. The minimum Gasteiger partial charge on any atom is -0.513 e. The molecule has 0 bridgehead atoms. The summed E-state index contributed by atoms with van der Waals surface area (Å²) in [7, 11) is -3.67. The Kier molecular flexibility index (Phi) is 6.59. The minimum absolute atomic E-state index is 0.175. The summed E-state index contributed by atoms with van der Waals surface area (Å²) in [5.74, 6) is 4.34. The van der Waals surface area contributed by atoms with E-state index in [1.807, 2.05) is 30.3 Å². The van der Waals surface area contributed by atoms with Crippen LogP contribution in [0.4, 0.5) is 4.39 Å². The maximum atomic E-state index is 13.0. The van der Waals surface area contributed by atoms with Gasteiger partial charge in [0.05, 0.1) is 21.9 Å². The summed E-state index contributed by atoms with van der Waals surface area (Å²) in [6.45, 7) is 3.59. The van der Waals surface area contributed by atoms with Crippen molar-refractivity contribution in [3.8, 4) is 11.8 Å². The zero-order valence-electron chi connectivity index (χ0n) is 17.5. The summed E-state index contributed by atoms with van der Waals surface area (Å²) in [6, 6.07) is 18.5. The smallest absolute Gasteiger partial charge is 0.188 e.